The van der Waals surface area contributed by atoms with Gasteiger partial charge in [0, 0.05) is 19.2 Å². The molecule has 0 amide bonds. The van der Waals surface area contributed by atoms with E-state index in [4.69, 9.17) is 9.47 Å². The van der Waals surface area contributed by atoms with Gasteiger partial charge in [-0.1, -0.05) is 24.3 Å². The van der Waals surface area contributed by atoms with Gasteiger partial charge in [-0.2, -0.15) is 0 Å². The summed E-state index contributed by atoms with van der Waals surface area (Å²) in [6.45, 7) is 2.71. The number of ether oxygens (including phenoxy) is 2. The van der Waals surface area contributed by atoms with Crippen LogP contribution in [-0.4, -0.2) is 16.9 Å². The van der Waals surface area contributed by atoms with Crippen molar-refractivity contribution in [3.8, 4) is 11.5 Å². The number of benzene rings is 2. The lowest BCUT2D eigenvalue weighted by molar-refractivity contribution is -0.132. The second-order valence-electron chi connectivity index (χ2n) is 5.90. The van der Waals surface area contributed by atoms with Crippen molar-refractivity contribution >= 4 is 66.9 Å². The molecule has 0 radical (unpaired) electrons. The highest BCUT2D eigenvalue weighted by Crippen LogP contribution is 2.35. The Morgan fingerprint density at radius 3 is 2.25 bits per heavy atom. The molecule has 2 aromatic carbocycles. The number of hydrogen-bond acceptors (Lipinski definition) is 5. The van der Waals surface area contributed by atoms with E-state index in [9.17, 15) is 9.59 Å². The molecule has 0 saturated heterocycles. The number of pyridine rings is 1. The number of rotatable bonds is 4. The molecule has 0 unspecified atom stereocenters. The molecule has 5 nitrogen and oxygen atoms in total. The summed E-state index contributed by atoms with van der Waals surface area (Å²) < 4.78 is 11.7. The maximum Gasteiger partial charge on any atom is 0.308 e. The SMILES string of the molecule is CC(=O)Oc1c(Br)cc(/C=C/c2ccc3cccc(OC(C)=O)c3n2)cc1Br. The predicted octanol–water partition coefficient (Wildman–Crippen LogP) is 5.78. The zero-order chi connectivity index (χ0) is 20.3. The summed E-state index contributed by atoms with van der Waals surface area (Å²) in [4.78, 5) is 27.1. The first-order chi connectivity index (χ1) is 13.3. The van der Waals surface area contributed by atoms with Crippen molar-refractivity contribution in [1.82, 2.24) is 4.98 Å². The highest BCUT2D eigenvalue weighted by atomic mass is 79.9. The lowest BCUT2D eigenvalue weighted by atomic mass is 10.1. The Morgan fingerprint density at radius 2 is 1.61 bits per heavy atom. The molecule has 0 aliphatic rings. The van der Waals surface area contributed by atoms with Crippen LogP contribution < -0.4 is 9.47 Å². The van der Waals surface area contributed by atoms with Gasteiger partial charge < -0.3 is 9.47 Å². The molecule has 0 bridgehead atoms. The lowest BCUT2D eigenvalue weighted by Gasteiger charge is -2.08. The molecule has 0 fully saturated rings. The van der Waals surface area contributed by atoms with Gasteiger partial charge in [-0.15, -0.1) is 0 Å². The van der Waals surface area contributed by atoms with E-state index < -0.39 is 11.9 Å². The molecule has 0 atom stereocenters. The van der Waals surface area contributed by atoms with Gasteiger partial charge in [-0.25, -0.2) is 4.98 Å². The number of halogens is 2. The number of aromatic nitrogens is 1. The smallest absolute Gasteiger partial charge is 0.308 e. The van der Waals surface area contributed by atoms with Crippen LogP contribution in [0.15, 0.2) is 51.4 Å². The number of hydrogen-bond donors (Lipinski definition) is 0. The van der Waals surface area contributed by atoms with Crippen LogP contribution in [0.25, 0.3) is 23.1 Å². The van der Waals surface area contributed by atoms with Gasteiger partial charge in [0.1, 0.15) is 5.52 Å². The van der Waals surface area contributed by atoms with Gasteiger partial charge in [0.25, 0.3) is 0 Å². The molecular weight excluding hydrogens is 490 g/mol. The average Bonchev–Trinajstić information content (AvgIpc) is 2.63. The number of esters is 2. The largest absolute Gasteiger partial charge is 0.424 e. The maximum atomic E-state index is 11.3. The summed E-state index contributed by atoms with van der Waals surface area (Å²) in [5.74, 6) is 0.0717. The van der Waals surface area contributed by atoms with Crippen LogP contribution in [0.2, 0.25) is 0 Å². The zero-order valence-electron chi connectivity index (χ0n) is 15.0. The second kappa shape index (κ2) is 8.67. The van der Waals surface area contributed by atoms with Crippen molar-refractivity contribution in [2.75, 3.05) is 0 Å². The highest BCUT2D eigenvalue weighted by Gasteiger charge is 2.10. The third-order valence-corrected chi connectivity index (χ3v) is 4.85. The molecule has 0 aliphatic carbocycles. The van der Waals surface area contributed by atoms with Crippen LogP contribution in [0.3, 0.4) is 0 Å². The van der Waals surface area contributed by atoms with E-state index in [1.165, 1.54) is 13.8 Å². The standard InChI is InChI=1S/C21H15Br2NO4/c1-12(25)27-19-5-3-4-15-7-9-16(24-20(15)19)8-6-14-10-17(22)21(18(23)11-14)28-13(2)26/h3-11H,1-2H3/b8-6+. The second-order valence-corrected chi connectivity index (χ2v) is 7.61. The van der Waals surface area contributed by atoms with Gasteiger partial charge in [-0.05, 0) is 67.8 Å². The van der Waals surface area contributed by atoms with Crippen LogP contribution in [0.5, 0.6) is 11.5 Å². The van der Waals surface area contributed by atoms with E-state index in [0.29, 0.717) is 31.7 Å². The monoisotopic (exact) mass is 503 g/mol. The fraction of sp³-hybridized carbons (Fsp3) is 0.0952. The summed E-state index contributed by atoms with van der Waals surface area (Å²) in [6.07, 6.45) is 3.74. The van der Waals surface area contributed by atoms with Crippen LogP contribution in [0.1, 0.15) is 25.1 Å². The summed E-state index contributed by atoms with van der Waals surface area (Å²) in [7, 11) is 0. The molecule has 28 heavy (non-hydrogen) atoms. The average molecular weight is 505 g/mol. The predicted molar refractivity (Wildman–Crippen MR) is 115 cm³/mol. The Morgan fingerprint density at radius 1 is 0.929 bits per heavy atom. The van der Waals surface area contributed by atoms with Crippen molar-refractivity contribution in [3.63, 3.8) is 0 Å². The topological polar surface area (TPSA) is 65.5 Å². The van der Waals surface area contributed by atoms with Crippen LogP contribution in [0.4, 0.5) is 0 Å². The lowest BCUT2D eigenvalue weighted by Crippen LogP contribution is -2.02. The summed E-state index contributed by atoms with van der Waals surface area (Å²) in [5, 5.41) is 0.882. The zero-order valence-corrected chi connectivity index (χ0v) is 18.2. The minimum atomic E-state index is -0.395. The van der Waals surface area contributed by atoms with Gasteiger partial charge in [0.15, 0.2) is 11.5 Å². The molecule has 0 N–H and O–H groups in total. The maximum absolute atomic E-state index is 11.3. The van der Waals surface area contributed by atoms with Gasteiger partial charge >= 0.3 is 11.9 Å². The minimum Gasteiger partial charge on any atom is -0.424 e. The summed E-state index contributed by atoms with van der Waals surface area (Å²) >= 11 is 6.82. The Bertz CT molecular complexity index is 1090. The molecule has 7 heteroatoms. The third kappa shape index (κ3) is 4.85. The van der Waals surface area contributed by atoms with Crippen molar-refractivity contribution in [3.05, 3.63) is 62.7 Å². The number of para-hydroxylation sites is 1. The minimum absolute atomic E-state index is 0.391. The van der Waals surface area contributed by atoms with E-state index in [1.807, 2.05) is 48.6 Å². The third-order valence-electron chi connectivity index (χ3n) is 3.67. The number of carbonyl (C=O) groups is 2. The quantitative estimate of drug-likeness (QED) is 0.332. The molecule has 142 valence electrons. The van der Waals surface area contributed by atoms with Crippen LogP contribution >= 0.6 is 31.9 Å². The molecule has 3 aromatic rings. The molecule has 0 saturated carbocycles. The molecule has 3 rings (SSSR count). The van der Waals surface area contributed by atoms with Crippen molar-refractivity contribution < 1.29 is 19.1 Å². The van der Waals surface area contributed by atoms with Crippen LogP contribution in [0, 0.1) is 0 Å². The Labute approximate surface area is 178 Å². The van der Waals surface area contributed by atoms with E-state index in [1.54, 1.807) is 6.07 Å². The first-order valence-corrected chi connectivity index (χ1v) is 9.86. The summed E-state index contributed by atoms with van der Waals surface area (Å²) in [5.41, 5.74) is 2.21. The molecule has 0 spiro atoms. The number of carbonyl (C=O) groups excluding carboxylic acids is 2. The Hall–Kier alpha value is -2.51. The van der Waals surface area contributed by atoms with Crippen molar-refractivity contribution in [1.29, 1.82) is 0 Å². The Kier molecular flexibility index (Phi) is 6.26. The van der Waals surface area contributed by atoms with E-state index in [-0.39, 0.29) is 0 Å². The summed E-state index contributed by atoms with van der Waals surface area (Å²) in [6, 6.07) is 12.9. The molecular formula is C21H15Br2NO4. The molecule has 0 aliphatic heterocycles. The number of nitrogens with zero attached hydrogens (tertiary/aromatic N) is 1. The van der Waals surface area contributed by atoms with Crippen molar-refractivity contribution in [2.24, 2.45) is 0 Å². The Balaban J connectivity index is 1.93. The first kappa shape index (κ1) is 20.2. The van der Waals surface area contributed by atoms with Crippen molar-refractivity contribution in [2.45, 2.75) is 13.8 Å². The fourth-order valence-electron chi connectivity index (χ4n) is 2.56. The fourth-order valence-corrected chi connectivity index (χ4v) is 3.95. The highest BCUT2D eigenvalue weighted by molar-refractivity contribution is 9.11. The van der Waals surface area contributed by atoms with Gasteiger partial charge in [0.05, 0.1) is 14.6 Å². The molecule has 1 heterocycles. The van der Waals surface area contributed by atoms with Gasteiger partial charge in [0.2, 0.25) is 0 Å². The van der Waals surface area contributed by atoms with E-state index >= 15 is 0 Å². The van der Waals surface area contributed by atoms with Crippen LogP contribution in [-0.2, 0) is 9.59 Å². The number of fused-ring (bicyclic) bond motifs is 1. The van der Waals surface area contributed by atoms with E-state index in [0.717, 1.165) is 10.9 Å². The normalized spacial score (nSPS) is 11.0. The molecule has 1 aromatic heterocycles. The van der Waals surface area contributed by atoms with E-state index in [2.05, 4.69) is 36.8 Å². The van der Waals surface area contributed by atoms with Gasteiger partial charge in [-0.3, -0.25) is 9.59 Å². The first-order valence-electron chi connectivity index (χ1n) is 8.27.